The summed E-state index contributed by atoms with van der Waals surface area (Å²) >= 11 is 6.45. The van der Waals surface area contributed by atoms with E-state index in [0.717, 1.165) is 17.2 Å². The maximum Gasteiger partial charge on any atom is 0.573 e. The van der Waals surface area contributed by atoms with E-state index in [1.54, 1.807) is 31.3 Å². The smallest absolute Gasteiger partial charge is 0.435 e. The van der Waals surface area contributed by atoms with Gasteiger partial charge in [-0.05, 0) is 53.1 Å². The number of halogens is 5. The number of benzene rings is 3. The van der Waals surface area contributed by atoms with Crippen LogP contribution in [0.2, 0.25) is 5.02 Å². The molecule has 0 N–H and O–H groups in total. The van der Waals surface area contributed by atoms with E-state index in [9.17, 15) is 22.4 Å². The molecule has 4 aromatic rings. The number of pyridine rings is 1. The van der Waals surface area contributed by atoms with Gasteiger partial charge >= 0.3 is 6.36 Å². The molecule has 5 nitrogen and oxygen atoms in total. The first-order chi connectivity index (χ1) is 17.6. The van der Waals surface area contributed by atoms with Gasteiger partial charge in [-0.25, -0.2) is 9.37 Å². The summed E-state index contributed by atoms with van der Waals surface area (Å²) in [7, 11) is 1.58. The second kappa shape index (κ2) is 10.9. The molecule has 0 fully saturated rings. The molecule has 0 aliphatic rings. The third kappa shape index (κ3) is 6.77. The van der Waals surface area contributed by atoms with Crippen molar-refractivity contribution in [1.82, 2.24) is 9.88 Å². The predicted molar refractivity (Wildman–Crippen MR) is 130 cm³/mol. The summed E-state index contributed by atoms with van der Waals surface area (Å²) < 4.78 is 60.7. The monoisotopic (exact) mass is 530 g/mol. The first-order valence-corrected chi connectivity index (χ1v) is 11.3. The molecule has 0 saturated heterocycles. The van der Waals surface area contributed by atoms with E-state index >= 15 is 0 Å². The van der Waals surface area contributed by atoms with Crippen LogP contribution in [0.3, 0.4) is 0 Å². The maximum absolute atomic E-state index is 13.2. The van der Waals surface area contributed by atoms with Gasteiger partial charge in [0.1, 0.15) is 5.82 Å². The number of aromatic nitrogens is 1. The Morgan fingerprint density at radius 1 is 0.946 bits per heavy atom. The van der Waals surface area contributed by atoms with Crippen LogP contribution in [-0.4, -0.2) is 29.2 Å². The molecule has 3 aromatic carbocycles. The number of carbonyl (C=O) groups is 1. The number of alkyl halides is 3. The van der Waals surface area contributed by atoms with Crippen LogP contribution in [-0.2, 0) is 6.54 Å². The van der Waals surface area contributed by atoms with Crippen LogP contribution in [0.4, 0.5) is 17.6 Å². The van der Waals surface area contributed by atoms with Crippen molar-refractivity contribution in [2.24, 2.45) is 0 Å². The zero-order valence-corrected chi connectivity index (χ0v) is 20.1. The maximum atomic E-state index is 13.2. The van der Waals surface area contributed by atoms with Gasteiger partial charge in [0.05, 0.1) is 0 Å². The summed E-state index contributed by atoms with van der Waals surface area (Å²) in [5.74, 6) is -1.55. The Labute approximate surface area is 214 Å². The number of rotatable bonds is 7. The first-order valence-electron chi connectivity index (χ1n) is 10.9. The highest BCUT2D eigenvalue weighted by Crippen LogP contribution is 2.34. The van der Waals surface area contributed by atoms with Crippen molar-refractivity contribution < 1.29 is 31.8 Å². The fraction of sp³-hybridized carbons (Fsp3) is 0.111. The van der Waals surface area contributed by atoms with Crippen molar-refractivity contribution in [3.63, 3.8) is 0 Å². The van der Waals surface area contributed by atoms with E-state index < -0.39 is 12.1 Å². The van der Waals surface area contributed by atoms with Crippen molar-refractivity contribution in [1.29, 1.82) is 0 Å². The van der Waals surface area contributed by atoms with Gasteiger partial charge < -0.3 is 14.4 Å². The van der Waals surface area contributed by atoms with Gasteiger partial charge in [0, 0.05) is 36.4 Å². The van der Waals surface area contributed by atoms with Crippen LogP contribution in [0.15, 0.2) is 85.1 Å². The molecular weight excluding hydrogens is 512 g/mol. The summed E-state index contributed by atoms with van der Waals surface area (Å²) in [5.41, 5.74) is 2.49. The van der Waals surface area contributed by atoms with E-state index in [4.69, 9.17) is 16.3 Å². The van der Waals surface area contributed by atoms with Gasteiger partial charge in [-0.3, -0.25) is 4.79 Å². The molecule has 0 unspecified atom stereocenters. The van der Waals surface area contributed by atoms with Gasteiger partial charge in [-0.2, -0.15) is 0 Å². The van der Waals surface area contributed by atoms with E-state index in [-0.39, 0.29) is 35.5 Å². The molecule has 1 amide bonds. The first kappa shape index (κ1) is 26.0. The van der Waals surface area contributed by atoms with Crippen LogP contribution >= 0.6 is 11.6 Å². The van der Waals surface area contributed by atoms with Crippen LogP contribution in [0.25, 0.3) is 11.1 Å². The molecule has 4 rings (SSSR count). The minimum absolute atomic E-state index is 0.0841. The third-order valence-corrected chi connectivity index (χ3v) is 5.61. The lowest BCUT2D eigenvalue weighted by Crippen LogP contribution is -2.26. The topological polar surface area (TPSA) is 51.7 Å². The normalized spacial score (nSPS) is 11.2. The molecule has 0 spiro atoms. The molecule has 0 atom stereocenters. The Balaban J connectivity index is 1.47. The number of hydrogen-bond acceptors (Lipinski definition) is 4. The lowest BCUT2D eigenvalue weighted by atomic mass is 10.0. The zero-order valence-electron chi connectivity index (χ0n) is 19.3. The third-order valence-electron chi connectivity index (χ3n) is 5.26. The molecule has 10 heteroatoms. The van der Waals surface area contributed by atoms with Crippen LogP contribution < -0.4 is 9.47 Å². The van der Waals surface area contributed by atoms with Crippen molar-refractivity contribution in [2.75, 3.05) is 7.05 Å². The second-order valence-corrected chi connectivity index (χ2v) is 8.36. The van der Waals surface area contributed by atoms with Crippen LogP contribution in [0.1, 0.15) is 15.9 Å². The fourth-order valence-corrected chi connectivity index (χ4v) is 3.74. The highest BCUT2D eigenvalue weighted by molar-refractivity contribution is 6.31. The standard InChI is InChI=1S/C27H19ClF4N2O3/c1-34(16-20-7-6-18(14-22(20)28)17-8-10-21(29)11-9-17)26(35)19-12-13-33-25(15-19)36-23-4-2-3-5-24(23)37-27(30,31)32/h2-15H,16H2,1H3. The Morgan fingerprint density at radius 3 is 2.30 bits per heavy atom. The molecule has 0 bridgehead atoms. The Hall–Kier alpha value is -4.11. The SMILES string of the molecule is CN(Cc1ccc(-c2ccc(F)cc2)cc1Cl)C(=O)c1ccnc(Oc2ccccc2OC(F)(F)F)c1. The highest BCUT2D eigenvalue weighted by atomic mass is 35.5. The van der Waals surface area contributed by atoms with Gasteiger partial charge in [0.25, 0.3) is 5.91 Å². The molecule has 190 valence electrons. The number of hydrogen-bond donors (Lipinski definition) is 0. The Morgan fingerprint density at radius 2 is 1.62 bits per heavy atom. The van der Waals surface area contributed by atoms with Gasteiger partial charge in [-0.1, -0.05) is 48.0 Å². The van der Waals surface area contributed by atoms with E-state index in [1.165, 1.54) is 53.6 Å². The Kier molecular flexibility index (Phi) is 7.63. The molecular formula is C27H19ClF4N2O3. The van der Waals surface area contributed by atoms with E-state index in [0.29, 0.717) is 10.6 Å². The average molecular weight is 531 g/mol. The molecule has 1 aromatic heterocycles. The van der Waals surface area contributed by atoms with Crippen LogP contribution in [0, 0.1) is 5.82 Å². The molecule has 0 aliphatic carbocycles. The fourth-order valence-electron chi connectivity index (χ4n) is 3.50. The van der Waals surface area contributed by atoms with Gasteiger partial charge in [0.15, 0.2) is 11.5 Å². The summed E-state index contributed by atoms with van der Waals surface area (Å²) in [6, 6.07) is 19.4. The highest BCUT2D eigenvalue weighted by Gasteiger charge is 2.32. The largest absolute Gasteiger partial charge is 0.573 e. The quantitative estimate of drug-likeness (QED) is 0.232. The van der Waals surface area contributed by atoms with Gasteiger partial charge in [0.2, 0.25) is 5.88 Å². The number of carbonyl (C=O) groups excluding carboxylic acids is 1. The van der Waals surface area contributed by atoms with E-state index in [2.05, 4.69) is 9.72 Å². The summed E-state index contributed by atoms with van der Waals surface area (Å²) in [6.07, 6.45) is -3.58. The zero-order chi connectivity index (χ0) is 26.6. The number of ether oxygens (including phenoxy) is 2. The Bertz CT molecular complexity index is 1410. The predicted octanol–water partition coefficient (Wildman–Crippen LogP) is 7.50. The summed E-state index contributed by atoms with van der Waals surface area (Å²) in [5, 5.41) is 0.432. The molecule has 0 saturated carbocycles. The molecule has 37 heavy (non-hydrogen) atoms. The average Bonchev–Trinajstić information content (AvgIpc) is 2.86. The van der Waals surface area contributed by atoms with Gasteiger partial charge in [-0.15, -0.1) is 13.2 Å². The molecule has 0 aliphatic heterocycles. The number of para-hydroxylation sites is 2. The summed E-state index contributed by atoms with van der Waals surface area (Å²) in [6.45, 7) is 0.183. The number of amides is 1. The summed E-state index contributed by atoms with van der Waals surface area (Å²) in [4.78, 5) is 18.4. The van der Waals surface area contributed by atoms with Crippen molar-refractivity contribution in [3.05, 3.63) is 107 Å². The number of nitrogens with zero attached hydrogens (tertiary/aromatic N) is 2. The van der Waals surface area contributed by atoms with E-state index in [1.807, 2.05) is 6.07 Å². The minimum atomic E-state index is -4.90. The second-order valence-electron chi connectivity index (χ2n) is 7.95. The van der Waals surface area contributed by atoms with Crippen LogP contribution in [0.5, 0.6) is 17.4 Å². The lowest BCUT2D eigenvalue weighted by Gasteiger charge is -2.19. The molecule has 1 heterocycles. The van der Waals surface area contributed by atoms with Crippen molar-refractivity contribution in [3.8, 4) is 28.5 Å². The van der Waals surface area contributed by atoms with Crippen molar-refractivity contribution in [2.45, 2.75) is 12.9 Å². The lowest BCUT2D eigenvalue weighted by molar-refractivity contribution is -0.275. The minimum Gasteiger partial charge on any atom is -0.435 e. The molecule has 0 radical (unpaired) electrons. The van der Waals surface area contributed by atoms with Crippen molar-refractivity contribution >= 4 is 17.5 Å².